The Bertz CT molecular complexity index is 1330. The highest BCUT2D eigenvalue weighted by Gasteiger charge is 2.20. The third kappa shape index (κ3) is 6.53. The molecule has 4 rings (SSSR count). The van der Waals surface area contributed by atoms with E-state index in [1.54, 1.807) is 9.58 Å². The van der Waals surface area contributed by atoms with Gasteiger partial charge in [-0.3, -0.25) is 9.59 Å². The third-order valence-corrected chi connectivity index (χ3v) is 6.34. The molecule has 1 heterocycles. The van der Waals surface area contributed by atoms with Gasteiger partial charge in [0.2, 0.25) is 5.91 Å². The molecule has 4 aromatic rings. The van der Waals surface area contributed by atoms with Crippen LogP contribution < -0.4 is 5.32 Å². The fourth-order valence-electron chi connectivity index (χ4n) is 4.13. The topological polar surface area (TPSA) is 67.2 Å². The first-order valence-electron chi connectivity index (χ1n) is 12.9. The minimum atomic E-state index is -0.262. The second kappa shape index (κ2) is 12.2. The Hall–Kier alpha value is -4.19. The molecule has 1 N–H and O–H groups in total. The van der Waals surface area contributed by atoms with Crippen molar-refractivity contribution in [1.29, 1.82) is 0 Å². The van der Waals surface area contributed by atoms with E-state index < -0.39 is 0 Å². The van der Waals surface area contributed by atoms with Crippen LogP contribution in [0.3, 0.4) is 0 Å². The number of aryl methyl sites for hydroxylation is 2. The normalized spacial score (nSPS) is 10.8. The van der Waals surface area contributed by atoms with Gasteiger partial charge in [-0.15, -0.1) is 0 Å². The first-order chi connectivity index (χ1) is 18.0. The first-order valence-corrected chi connectivity index (χ1v) is 12.9. The number of amides is 2. The number of aromatic nitrogens is 2. The van der Waals surface area contributed by atoms with Crippen LogP contribution in [-0.2, 0) is 11.2 Å². The number of benzene rings is 3. The summed E-state index contributed by atoms with van der Waals surface area (Å²) in [7, 11) is 0. The number of hydrogen-bond acceptors (Lipinski definition) is 3. The Morgan fingerprint density at radius 2 is 1.62 bits per heavy atom. The highest BCUT2D eigenvalue weighted by Crippen LogP contribution is 2.25. The lowest BCUT2D eigenvalue weighted by Crippen LogP contribution is -2.39. The van der Waals surface area contributed by atoms with Crippen molar-refractivity contribution < 1.29 is 9.59 Å². The summed E-state index contributed by atoms with van der Waals surface area (Å²) < 4.78 is 1.74. The van der Waals surface area contributed by atoms with Crippen LogP contribution in [0.25, 0.3) is 16.9 Å². The van der Waals surface area contributed by atoms with Crippen molar-refractivity contribution in [2.75, 3.05) is 18.4 Å². The van der Waals surface area contributed by atoms with Crippen LogP contribution in [0, 0.1) is 6.92 Å². The van der Waals surface area contributed by atoms with Gasteiger partial charge in [-0.25, -0.2) is 4.68 Å². The van der Waals surface area contributed by atoms with E-state index in [2.05, 4.69) is 19.2 Å². The van der Waals surface area contributed by atoms with E-state index in [9.17, 15) is 9.59 Å². The second-order valence-electron chi connectivity index (χ2n) is 9.21. The standard InChI is InChI=1S/C31H34N4O2/c1-4-6-20-34(31(37)26-16-14-24(5-2)15-17-26)22-30(36)32-29-21-28(25-10-8-7-9-11-25)33-35(29)27-18-12-23(3)13-19-27/h7-19,21H,4-6,20,22H2,1-3H3,(H,32,36). The molecule has 0 atom stereocenters. The lowest BCUT2D eigenvalue weighted by atomic mass is 10.1. The Labute approximate surface area is 218 Å². The monoisotopic (exact) mass is 494 g/mol. The summed E-state index contributed by atoms with van der Waals surface area (Å²) in [5, 5.41) is 7.80. The van der Waals surface area contributed by atoms with Crippen molar-refractivity contribution in [1.82, 2.24) is 14.7 Å². The molecule has 0 saturated heterocycles. The fourth-order valence-corrected chi connectivity index (χ4v) is 4.13. The molecule has 37 heavy (non-hydrogen) atoms. The minimum Gasteiger partial charge on any atom is -0.329 e. The predicted molar refractivity (Wildman–Crippen MR) is 149 cm³/mol. The molecule has 0 fully saturated rings. The molecule has 0 bridgehead atoms. The largest absolute Gasteiger partial charge is 0.329 e. The van der Waals surface area contributed by atoms with Crippen LogP contribution in [0.1, 0.15) is 48.2 Å². The van der Waals surface area contributed by atoms with Crippen molar-refractivity contribution in [2.24, 2.45) is 0 Å². The van der Waals surface area contributed by atoms with Crippen molar-refractivity contribution >= 4 is 17.6 Å². The number of anilines is 1. The molecule has 190 valence electrons. The van der Waals surface area contributed by atoms with E-state index in [1.807, 2.05) is 91.9 Å². The van der Waals surface area contributed by atoms with Crippen molar-refractivity contribution in [3.63, 3.8) is 0 Å². The number of rotatable bonds is 10. The van der Waals surface area contributed by atoms with Crippen LogP contribution >= 0.6 is 0 Å². The summed E-state index contributed by atoms with van der Waals surface area (Å²) >= 11 is 0. The lowest BCUT2D eigenvalue weighted by Gasteiger charge is -2.22. The van der Waals surface area contributed by atoms with E-state index in [0.717, 1.165) is 41.8 Å². The van der Waals surface area contributed by atoms with Gasteiger partial charge in [0.25, 0.3) is 5.91 Å². The number of carbonyl (C=O) groups is 2. The van der Waals surface area contributed by atoms with Gasteiger partial charge in [-0.1, -0.05) is 80.4 Å². The zero-order valence-corrected chi connectivity index (χ0v) is 21.8. The number of hydrogen-bond donors (Lipinski definition) is 1. The molecule has 3 aromatic carbocycles. The van der Waals surface area contributed by atoms with Crippen molar-refractivity contribution in [3.05, 3.63) is 102 Å². The summed E-state index contributed by atoms with van der Waals surface area (Å²) in [4.78, 5) is 28.2. The van der Waals surface area contributed by atoms with Crippen LogP contribution in [0.5, 0.6) is 0 Å². The molecule has 2 amide bonds. The molecule has 0 aliphatic carbocycles. The minimum absolute atomic E-state index is 0.0336. The Kier molecular flexibility index (Phi) is 8.52. The Morgan fingerprint density at radius 3 is 2.27 bits per heavy atom. The highest BCUT2D eigenvalue weighted by molar-refractivity contribution is 5.99. The van der Waals surface area contributed by atoms with Crippen molar-refractivity contribution in [2.45, 2.75) is 40.0 Å². The third-order valence-electron chi connectivity index (χ3n) is 6.34. The lowest BCUT2D eigenvalue weighted by molar-refractivity contribution is -0.116. The van der Waals surface area contributed by atoms with E-state index in [1.165, 1.54) is 5.56 Å². The maximum atomic E-state index is 13.3. The number of nitrogens with one attached hydrogen (secondary N) is 1. The molecule has 0 radical (unpaired) electrons. The zero-order chi connectivity index (χ0) is 26.2. The molecular weight excluding hydrogens is 460 g/mol. The zero-order valence-electron chi connectivity index (χ0n) is 21.8. The summed E-state index contributed by atoms with van der Waals surface area (Å²) in [5.41, 5.74) is 5.47. The van der Waals surface area contributed by atoms with Gasteiger partial charge in [-0.05, 0) is 49.6 Å². The van der Waals surface area contributed by atoms with Gasteiger partial charge in [0.15, 0.2) is 0 Å². The SMILES string of the molecule is CCCCN(CC(=O)Nc1cc(-c2ccccc2)nn1-c1ccc(C)cc1)C(=O)c1ccc(CC)cc1. The molecule has 6 nitrogen and oxygen atoms in total. The van der Waals surface area contributed by atoms with Gasteiger partial charge in [0, 0.05) is 23.7 Å². The Morgan fingerprint density at radius 1 is 0.919 bits per heavy atom. The number of carbonyl (C=O) groups excluding carboxylic acids is 2. The van der Waals surface area contributed by atoms with E-state index in [4.69, 9.17) is 5.10 Å². The molecule has 0 aliphatic rings. The van der Waals surface area contributed by atoms with Crippen LogP contribution in [0.2, 0.25) is 0 Å². The molecule has 0 aliphatic heterocycles. The van der Waals surface area contributed by atoms with Crippen LogP contribution in [0.15, 0.2) is 84.9 Å². The molecule has 1 aromatic heterocycles. The second-order valence-corrected chi connectivity index (χ2v) is 9.21. The first kappa shape index (κ1) is 25.9. The maximum Gasteiger partial charge on any atom is 0.254 e. The molecule has 0 unspecified atom stereocenters. The van der Waals surface area contributed by atoms with Gasteiger partial charge in [0.05, 0.1) is 11.4 Å². The van der Waals surface area contributed by atoms with Gasteiger partial charge >= 0.3 is 0 Å². The quantitative estimate of drug-likeness (QED) is 0.282. The summed E-state index contributed by atoms with van der Waals surface area (Å²) in [6.07, 6.45) is 2.67. The van der Waals surface area contributed by atoms with E-state index in [0.29, 0.717) is 17.9 Å². The van der Waals surface area contributed by atoms with E-state index >= 15 is 0 Å². The van der Waals surface area contributed by atoms with Crippen LogP contribution in [0.4, 0.5) is 5.82 Å². The fraction of sp³-hybridized carbons (Fsp3) is 0.258. The Balaban J connectivity index is 1.58. The smallest absolute Gasteiger partial charge is 0.254 e. The van der Waals surface area contributed by atoms with Gasteiger partial charge in [-0.2, -0.15) is 5.10 Å². The maximum absolute atomic E-state index is 13.3. The van der Waals surface area contributed by atoms with Gasteiger partial charge < -0.3 is 10.2 Å². The number of nitrogens with zero attached hydrogens (tertiary/aromatic N) is 3. The van der Waals surface area contributed by atoms with E-state index in [-0.39, 0.29) is 18.4 Å². The highest BCUT2D eigenvalue weighted by atomic mass is 16.2. The van der Waals surface area contributed by atoms with Gasteiger partial charge in [0.1, 0.15) is 12.4 Å². The predicted octanol–water partition coefficient (Wildman–Crippen LogP) is 6.29. The average Bonchev–Trinajstić information content (AvgIpc) is 3.35. The van der Waals surface area contributed by atoms with Crippen molar-refractivity contribution in [3.8, 4) is 16.9 Å². The summed E-state index contributed by atoms with van der Waals surface area (Å²) in [6, 6.07) is 27.3. The molecule has 6 heteroatoms. The number of unbranched alkanes of at least 4 members (excludes halogenated alkanes) is 1. The molecular formula is C31H34N4O2. The van der Waals surface area contributed by atoms with Crippen LogP contribution in [-0.4, -0.2) is 39.6 Å². The summed E-state index contributed by atoms with van der Waals surface area (Å²) in [6.45, 7) is 6.67. The summed E-state index contributed by atoms with van der Waals surface area (Å²) in [5.74, 6) is 0.161. The molecule has 0 spiro atoms. The average molecular weight is 495 g/mol. The molecule has 0 saturated carbocycles.